The van der Waals surface area contributed by atoms with E-state index < -0.39 is 0 Å². The van der Waals surface area contributed by atoms with Crippen LogP contribution in [0, 0.1) is 5.92 Å². The number of amides is 2. The molecule has 0 aliphatic heterocycles. The van der Waals surface area contributed by atoms with Gasteiger partial charge in [0.2, 0.25) is 5.91 Å². The van der Waals surface area contributed by atoms with Crippen molar-refractivity contribution in [2.45, 2.75) is 32.9 Å². The maximum absolute atomic E-state index is 12.4. The Kier molecular flexibility index (Phi) is 6.08. The minimum absolute atomic E-state index is 0.0499. The van der Waals surface area contributed by atoms with Gasteiger partial charge in [-0.15, -0.1) is 16.4 Å². The zero-order chi connectivity index (χ0) is 17.7. The van der Waals surface area contributed by atoms with Crippen molar-refractivity contribution in [2.24, 2.45) is 5.92 Å². The van der Waals surface area contributed by atoms with Gasteiger partial charge in [0.1, 0.15) is 6.54 Å². The fourth-order valence-corrected chi connectivity index (χ4v) is 2.99. The molecule has 0 saturated heterocycles. The van der Waals surface area contributed by atoms with Gasteiger partial charge in [-0.05, 0) is 23.8 Å². The van der Waals surface area contributed by atoms with Gasteiger partial charge in [-0.1, -0.05) is 25.1 Å². The predicted octanol–water partition coefficient (Wildman–Crippen LogP) is 1.94. The number of nitrogens with zero attached hydrogens (tertiary/aromatic N) is 4. The molecule has 2 aromatic rings. The van der Waals surface area contributed by atoms with E-state index in [4.69, 9.17) is 0 Å². The number of hydrogen-bond acceptors (Lipinski definition) is 5. The van der Waals surface area contributed by atoms with E-state index in [1.165, 1.54) is 15.8 Å². The Balaban J connectivity index is 2.05. The molecule has 0 radical (unpaired) electrons. The molecule has 0 aliphatic rings. The van der Waals surface area contributed by atoms with Crippen molar-refractivity contribution in [3.05, 3.63) is 34.3 Å². The Bertz CT molecular complexity index is 678. The van der Waals surface area contributed by atoms with E-state index in [1.54, 1.807) is 25.4 Å². The second-order valence-corrected chi connectivity index (χ2v) is 7.24. The third-order valence-corrected chi connectivity index (χ3v) is 4.45. The molecule has 1 unspecified atom stereocenters. The summed E-state index contributed by atoms with van der Waals surface area (Å²) in [5, 5.41) is 12.7. The number of thiophene rings is 1. The van der Waals surface area contributed by atoms with Crippen molar-refractivity contribution in [1.29, 1.82) is 0 Å². The number of nitrogens with one attached hydrogen (secondary N) is 1. The van der Waals surface area contributed by atoms with Crippen molar-refractivity contribution >= 4 is 23.2 Å². The highest BCUT2D eigenvalue weighted by Gasteiger charge is 2.20. The van der Waals surface area contributed by atoms with Crippen molar-refractivity contribution < 1.29 is 9.59 Å². The first-order valence-corrected chi connectivity index (χ1v) is 8.69. The molecule has 8 heteroatoms. The average Bonchev–Trinajstić information content (AvgIpc) is 3.17. The molecule has 130 valence electrons. The summed E-state index contributed by atoms with van der Waals surface area (Å²) in [5.74, 6) is 0.0616. The molecule has 0 aromatic carbocycles. The lowest BCUT2D eigenvalue weighted by Crippen LogP contribution is -2.29. The third kappa shape index (κ3) is 4.89. The number of aromatic nitrogens is 3. The van der Waals surface area contributed by atoms with Crippen molar-refractivity contribution in [3.63, 3.8) is 0 Å². The molecule has 2 amide bonds. The van der Waals surface area contributed by atoms with Gasteiger partial charge < -0.3 is 10.2 Å². The summed E-state index contributed by atoms with van der Waals surface area (Å²) in [4.78, 5) is 26.7. The molecule has 0 saturated carbocycles. The molecule has 1 N–H and O–H groups in total. The molecular weight excluding hydrogens is 326 g/mol. The molecule has 1 atom stereocenters. The molecule has 7 nitrogen and oxygen atoms in total. The van der Waals surface area contributed by atoms with E-state index in [0.717, 1.165) is 11.3 Å². The first-order chi connectivity index (χ1) is 11.4. The molecule has 0 fully saturated rings. The van der Waals surface area contributed by atoms with Crippen molar-refractivity contribution in [3.8, 4) is 0 Å². The highest BCUT2D eigenvalue weighted by atomic mass is 32.1. The summed E-state index contributed by atoms with van der Waals surface area (Å²) in [6.45, 7) is 4.30. The van der Waals surface area contributed by atoms with Gasteiger partial charge in [0.15, 0.2) is 5.69 Å². The van der Waals surface area contributed by atoms with Crippen molar-refractivity contribution in [1.82, 2.24) is 25.2 Å². The molecule has 2 aromatic heterocycles. The predicted molar refractivity (Wildman–Crippen MR) is 92.7 cm³/mol. The summed E-state index contributed by atoms with van der Waals surface area (Å²) in [6.07, 6.45) is 2.34. The highest BCUT2D eigenvalue weighted by molar-refractivity contribution is 7.10. The van der Waals surface area contributed by atoms with Crippen LogP contribution in [0.1, 0.15) is 41.7 Å². The maximum atomic E-state index is 12.4. The summed E-state index contributed by atoms with van der Waals surface area (Å²) in [6, 6.07) is 3.94. The first-order valence-electron chi connectivity index (χ1n) is 7.81. The number of hydrogen-bond donors (Lipinski definition) is 1. The Morgan fingerprint density at radius 3 is 2.71 bits per heavy atom. The number of likely N-dealkylation sites (N-methyl/N-ethyl adjacent to an activating group) is 1. The monoisotopic (exact) mass is 349 g/mol. The highest BCUT2D eigenvalue weighted by Crippen LogP contribution is 2.25. The normalized spacial score (nSPS) is 12.2. The average molecular weight is 349 g/mol. The van der Waals surface area contributed by atoms with E-state index in [1.807, 2.05) is 17.5 Å². The topological polar surface area (TPSA) is 80.1 Å². The fourth-order valence-electron chi connectivity index (χ4n) is 2.20. The Hall–Kier alpha value is -2.22. The van der Waals surface area contributed by atoms with Crippen LogP contribution in [0.3, 0.4) is 0 Å². The van der Waals surface area contributed by atoms with E-state index in [2.05, 4.69) is 29.5 Å². The van der Waals surface area contributed by atoms with Gasteiger partial charge in [-0.25, -0.2) is 4.68 Å². The summed E-state index contributed by atoms with van der Waals surface area (Å²) < 4.78 is 1.37. The van der Waals surface area contributed by atoms with Crippen LogP contribution in [0.5, 0.6) is 0 Å². The van der Waals surface area contributed by atoms with Crippen LogP contribution in [0.2, 0.25) is 0 Å². The van der Waals surface area contributed by atoms with Crippen LogP contribution in [-0.2, 0) is 11.3 Å². The number of carbonyl (C=O) groups is 2. The zero-order valence-electron chi connectivity index (χ0n) is 14.4. The fraction of sp³-hybridized carbons (Fsp3) is 0.500. The quantitative estimate of drug-likeness (QED) is 0.828. The number of carbonyl (C=O) groups excluding carboxylic acids is 2. The van der Waals surface area contributed by atoms with Gasteiger partial charge in [0.25, 0.3) is 5.91 Å². The van der Waals surface area contributed by atoms with E-state index in [0.29, 0.717) is 5.92 Å². The van der Waals surface area contributed by atoms with Crippen LogP contribution < -0.4 is 5.32 Å². The van der Waals surface area contributed by atoms with Crippen LogP contribution in [-0.4, -0.2) is 45.8 Å². The lowest BCUT2D eigenvalue weighted by Gasteiger charge is -2.18. The lowest BCUT2D eigenvalue weighted by molar-refractivity contribution is -0.129. The Labute approximate surface area is 145 Å². The molecule has 0 aliphatic carbocycles. The molecule has 0 bridgehead atoms. The summed E-state index contributed by atoms with van der Waals surface area (Å²) in [5.41, 5.74) is 0.215. The zero-order valence-corrected chi connectivity index (χ0v) is 15.2. The third-order valence-electron chi connectivity index (χ3n) is 3.47. The minimum atomic E-state index is -0.280. The van der Waals surface area contributed by atoms with Gasteiger partial charge in [0.05, 0.1) is 12.2 Å². The van der Waals surface area contributed by atoms with Crippen molar-refractivity contribution in [2.75, 3.05) is 14.1 Å². The van der Waals surface area contributed by atoms with Crippen LogP contribution in [0.15, 0.2) is 23.7 Å². The van der Waals surface area contributed by atoms with E-state index >= 15 is 0 Å². The Morgan fingerprint density at radius 1 is 1.38 bits per heavy atom. The minimum Gasteiger partial charge on any atom is -0.347 e. The van der Waals surface area contributed by atoms with Crippen LogP contribution in [0.25, 0.3) is 0 Å². The second kappa shape index (κ2) is 8.05. The summed E-state index contributed by atoms with van der Waals surface area (Å²) in [7, 11) is 3.34. The smallest absolute Gasteiger partial charge is 0.273 e. The van der Waals surface area contributed by atoms with Gasteiger partial charge in [-0.2, -0.15) is 0 Å². The van der Waals surface area contributed by atoms with Crippen LogP contribution in [0.4, 0.5) is 0 Å². The maximum Gasteiger partial charge on any atom is 0.273 e. The van der Waals surface area contributed by atoms with E-state index in [9.17, 15) is 9.59 Å². The Morgan fingerprint density at radius 2 is 2.12 bits per heavy atom. The van der Waals surface area contributed by atoms with Gasteiger partial charge >= 0.3 is 0 Å². The SMILES string of the molecule is CC(C)CC(NC(=O)c1cn(CC(=O)N(C)C)nn1)c1cccs1. The summed E-state index contributed by atoms with van der Waals surface area (Å²) >= 11 is 1.62. The molecular formula is C16H23N5O2S. The number of rotatable bonds is 7. The second-order valence-electron chi connectivity index (χ2n) is 6.26. The van der Waals surface area contributed by atoms with Crippen LogP contribution >= 0.6 is 11.3 Å². The molecule has 24 heavy (non-hydrogen) atoms. The lowest BCUT2D eigenvalue weighted by atomic mass is 10.0. The largest absolute Gasteiger partial charge is 0.347 e. The molecule has 2 rings (SSSR count). The molecule has 0 spiro atoms. The van der Waals surface area contributed by atoms with Gasteiger partial charge in [0, 0.05) is 19.0 Å². The first kappa shape index (κ1) is 18.1. The standard InChI is InChI=1S/C16H23N5O2S/c1-11(2)8-12(14-6-5-7-24-14)17-16(23)13-9-21(19-18-13)10-15(22)20(3)4/h5-7,9,11-12H,8,10H2,1-4H3,(H,17,23). The van der Waals surface area contributed by atoms with Gasteiger partial charge in [-0.3, -0.25) is 9.59 Å². The van der Waals surface area contributed by atoms with E-state index in [-0.39, 0.29) is 30.1 Å². The molecule has 2 heterocycles.